The van der Waals surface area contributed by atoms with E-state index >= 15 is 0 Å². The van der Waals surface area contributed by atoms with E-state index in [2.05, 4.69) is 0 Å². The van der Waals surface area contributed by atoms with Gasteiger partial charge < -0.3 is 9.47 Å². The number of hydrogen-bond donors (Lipinski definition) is 0. The number of urea groups is 1. The largest absolute Gasteiger partial charge is 0.348 e. The molecule has 1 aromatic rings. The third-order valence-electron chi connectivity index (χ3n) is 6.59. The van der Waals surface area contributed by atoms with Gasteiger partial charge in [-0.25, -0.2) is 4.79 Å². The molecule has 0 bridgehead atoms. The maximum absolute atomic E-state index is 13.7. The van der Waals surface area contributed by atoms with Crippen molar-refractivity contribution in [2.24, 2.45) is 11.3 Å². The van der Waals surface area contributed by atoms with E-state index in [1.165, 1.54) is 14.1 Å². The van der Waals surface area contributed by atoms with Crippen LogP contribution in [0.25, 0.3) is 0 Å². The Labute approximate surface area is 175 Å². The number of amides is 4. The van der Waals surface area contributed by atoms with Gasteiger partial charge in [-0.05, 0) is 19.4 Å². The number of rotatable bonds is 2. The number of benzene rings is 1. The van der Waals surface area contributed by atoms with E-state index in [0.29, 0.717) is 5.56 Å². The Hall–Kier alpha value is -2.58. The number of barbiturate groups is 1. The van der Waals surface area contributed by atoms with Crippen LogP contribution in [0.3, 0.4) is 0 Å². The van der Waals surface area contributed by atoms with Crippen molar-refractivity contribution in [3.63, 3.8) is 0 Å². The van der Waals surface area contributed by atoms with E-state index in [0.717, 1.165) is 9.80 Å². The maximum Gasteiger partial charge on any atom is 0.332 e. The third-order valence-corrected chi connectivity index (χ3v) is 6.59. The first-order chi connectivity index (χ1) is 14.1. The van der Waals surface area contributed by atoms with Crippen molar-refractivity contribution in [3.8, 4) is 0 Å². The molecule has 1 aromatic carbocycles. The highest BCUT2D eigenvalue weighted by molar-refractivity contribution is 6.20. The number of Topliss-reactive ketones (excluding diaryl/α,β-unsaturated/α-hetero) is 1. The molecule has 1 saturated carbocycles. The first-order valence-corrected chi connectivity index (χ1v) is 10.1. The normalized spacial score (nSPS) is 31.0. The lowest BCUT2D eigenvalue weighted by Gasteiger charge is -2.52. The van der Waals surface area contributed by atoms with Gasteiger partial charge in [0.1, 0.15) is 11.2 Å². The lowest BCUT2D eigenvalue weighted by Crippen LogP contribution is -2.70. The Morgan fingerprint density at radius 2 is 1.53 bits per heavy atom. The zero-order valence-electron chi connectivity index (χ0n) is 17.6. The molecule has 1 spiro atoms. The summed E-state index contributed by atoms with van der Waals surface area (Å²) in [5.41, 5.74) is -0.909. The molecule has 0 unspecified atom stereocenters. The molecular formula is C22H26N2O6. The van der Waals surface area contributed by atoms with Gasteiger partial charge in [-0.15, -0.1) is 0 Å². The molecule has 3 atom stereocenters. The van der Waals surface area contributed by atoms with Gasteiger partial charge in [-0.1, -0.05) is 30.3 Å². The van der Waals surface area contributed by atoms with Crippen LogP contribution < -0.4 is 0 Å². The smallest absolute Gasteiger partial charge is 0.332 e. The molecule has 3 aliphatic rings. The van der Waals surface area contributed by atoms with E-state index in [4.69, 9.17) is 9.47 Å². The molecule has 160 valence electrons. The number of carbonyl (C=O) groups excluding carboxylic acids is 4. The van der Waals surface area contributed by atoms with Crippen molar-refractivity contribution in [1.82, 2.24) is 9.80 Å². The van der Waals surface area contributed by atoms with Crippen LogP contribution in [-0.2, 0) is 23.9 Å². The Bertz CT molecular complexity index is 887. The zero-order chi connectivity index (χ0) is 21.8. The first kappa shape index (κ1) is 20.7. The van der Waals surface area contributed by atoms with Gasteiger partial charge in [0.05, 0.1) is 12.7 Å². The molecule has 1 aliphatic carbocycles. The Balaban J connectivity index is 1.92. The molecule has 0 N–H and O–H groups in total. The second-order valence-corrected chi connectivity index (χ2v) is 8.76. The van der Waals surface area contributed by atoms with Crippen LogP contribution in [0.1, 0.15) is 38.2 Å². The van der Waals surface area contributed by atoms with Gasteiger partial charge in [0.15, 0.2) is 5.79 Å². The fraction of sp³-hybridized carbons (Fsp3) is 0.545. The second kappa shape index (κ2) is 6.99. The van der Waals surface area contributed by atoms with Crippen LogP contribution in [0.5, 0.6) is 0 Å². The predicted octanol–water partition coefficient (Wildman–Crippen LogP) is 1.94. The summed E-state index contributed by atoms with van der Waals surface area (Å²) in [5.74, 6) is -3.55. The van der Waals surface area contributed by atoms with Gasteiger partial charge in [-0.2, -0.15) is 0 Å². The molecule has 3 fully saturated rings. The monoisotopic (exact) mass is 414 g/mol. The second-order valence-electron chi connectivity index (χ2n) is 8.76. The quantitative estimate of drug-likeness (QED) is 0.687. The Morgan fingerprint density at radius 1 is 0.933 bits per heavy atom. The molecule has 2 aliphatic heterocycles. The van der Waals surface area contributed by atoms with Crippen LogP contribution in [0, 0.1) is 11.3 Å². The molecule has 0 aromatic heterocycles. The van der Waals surface area contributed by atoms with Gasteiger partial charge in [0, 0.05) is 38.8 Å². The summed E-state index contributed by atoms with van der Waals surface area (Å²) in [6.07, 6.45) is -0.565. The highest BCUT2D eigenvalue weighted by Gasteiger charge is 2.68. The van der Waals surface area contributed by atoms with Crippen molar-refractivity contribution in [2.75, 3.05) is 20.7 Å². The fourth-order valence-electron chi connectivity index (χ4n) is 5.20. The summed E-state index contributed by atoms with van der Waals surface area (Å²) in [6, 6.07) is 8.41. The standard InChI is InChI=1S/C22H26N2O6/c1-21(2)29-12-17(30-21)16-11-14(25)10-15(13-8-6-5-7-9-13)22(16)18(26)23(3)20(28)24(4)19(22)27/h5-9,15-17H,10-12H2,1-4H3/t15-,16+,17-/m1/s1. The molecule has 30 heavy (non-hydrogen) atoms. The third kappa shape index (κ3) is 2.89. The molecule has 4 amide bonds. The summed E-state index contributed by atoms with van der Waals surface area (Å²) in [5, 5.41) is 0. The van der Waals surface area contributed by atoms with Crippen molar-refractivity contribution >= 4 is 23.6 Å². The number of carbonyl (C=O) groups is 4. The summed E-state index contributed by atoms with van der Waals surface area (Å²) >= 11 is 0. The van der Waals surface area contributed by atoms with E-state index in [9.17, 15) is 19.2 Å². The van der Waals surface area contributed by atoms with Crippen LogP contribution in [0.15, 0.2) is 30.3 Å². The number of imide groups is 2. The summed E-state index contributed by atoms with van der Waals surface area (Å²) in [4.78, 5) is 54.8. The van der Waals surface area contributed by atoms with E-state index in [-0.39, 0.29) is 25.2 Å². The van der Waals surface area contributed by atoms with Crippen LogP contribution in [0.2, 0.25) is 0 Å². The summed E-state index contributed by atoms with van der Waals surface area (Å²) < 4.78 is 11.8. The van der Waals surface area contributed by atoms with Gasteiger partial charge in [0.2, 0.25) is 11.8 Å². The molecule has 4 rings (SSSR count). The van der Waals surface area contributed by atoms with Crippen molar-refractivity contribution < 1.29 is 28.7 Å². The zero-order valence-corrected chi connectivity index (χ0v) is 17.6. The van der Waals surface area contributed by atoms with Gasteiger partial charge >= 0.3 is 6.03 Å². The molecule has 8 nitrogen and oxygen atoms in total. The molecular weight excluding hydrogens is 388 g/mol. The number of ketones is 1. The van der Waals surface area contributed by atoms with Crippen LogP contribution >= 0.6 is 0 Å². The van der Waals surface area contributed by atoms with E-state index < -0.39 is 47.0 Å². The molecule has 8 heteroatoms. The average Bonchev–Trinajstić information content (AvgIpc) is 3.09. The van der Waals surface area contributed by atoms with Gasteiger partial charge in [-0.3, -0.25) is 24.2 Å². The summed E-state index contributed by atoms with van der Waals surface area (Å²) in [6.45, 7) is 3.67. The number of ether oxygens (including phenoxy) is 2. The van der Waals surface area contributed by atoms with Crippen LogP contribution in [0.4, 0.5) is 4.79 Å². The van der Waals surface area contributed by atoms with Gasteiger partial charge in [0.25, 0.3) is 0 Å². The highest BCUT2D eigenvalue weighted by atomic mass is 16.7. The highest BCUT2D eigenvalue weighted by Crippen LogP contribution is 2.55. The Morgan fingerprint density at radius 3 is 2.07 bits per heavy atom. The maximum atomic E-state index is 13.7. The minimum atomic E-state index is -1.62. The Kier molecular flexibility index (Phi) is 4.82. The lowest BCUT2D eigenvalue weighted by molar-refractivity contribution is -0.181. The predicted molar refractivity (Wildman–Crippen MR) is 105 cm³/mol. The fourth-order valence-corrected chi connectivity index (χ4v) is 5.20. The van der Waals surface area contributed by atoms with Crippen molar-refractivity contribution in [2.45, 2.75) is 44.5 Å². The van der Waals surface area contributed by atoms with Crippen molar-refractivity contribution in [3.05, 3.63) is 35.9 Å². The lowest BCUT2D eigenvalue weighted by atomic mass is 9.54. The number of hydrogen-bond acceptors (Lipinski definition) is 6. The SMILES string of the molecule is CN1C(=O)N(C)C(=O)C2(C1=O)[C@@H](c1ccccc1)CC(=O)C[C@H]2[C@H]1COC(C)(C)O1. The van der Waals surface area contributed by atoms with E-state index in [1.807, 2.05) is 30.3 Å². The minimum Gasteiger partial charge on any atom is -0.348 e. The molecule has 2 heterocycles. The van der Waals surface area contributed by atoms with Crippen molar-refractivity contribution in [1.29, 1.82) is 0 Å². The first-order valence-electron chi connectivity index (χ1n) is 10.1. The topological polar surface area (TPSA) is 93.2 Å². The molecule has 0 radical (unpaired) electrons. The average molecular weight is 414 g/mol. The van der Waals surface area contributed by atoms with Crippen LogP contribution in [-0.4, -0.2) is 66.0 Å². The summed E-state index contributed by atoms with van der Waals surface area (Å²) in [7, 11) is 2.75. The minimum absolute atomic E-state index is 0.0147. The van der Waals surface area contributed by atoms with E-state index in [1.54, 1.807) is 13.8 Å². The molecule has 2 saturated heterocycles. The number of nitrogens with zero attached hydrogens (tertiary/aromatic N) is 2.